The number of hydrogen-bond acceptors (Lipinski definition) is 7. The Labute approximate surface area is 155 Å². The van der Waals surface area contributed by atoms with Gasteiger partial charge in [0.2, 0.25) is 0 Å². The van der Waals surface area contributed by atoms with E-state index in [4.69, 9.17) is 0 Å². The van der Waals surface area contributed by atoms with Crippen LogP contribution in [-0.2, 0) is 0 Å². The lowest BCUT2D eigenvalue weighted by molar-refractivity contribution is 0.426. The van der Waals surface area contributed by atoms with Gasteiger partial charge in [0.15, 0.2) is 17.5 Å². The molecule has 3 aromatic heterocycles. The molecular weight excluding hydrogens is 341 g/mol. The fraction of sp³-hybridized carbons (Fsp3) is 0. The molecule has 130 valence electrons. The first-order chi connectivity index (χ1) is 13.2. The van der Waals surface area contributed by atoms with E-state index < -0.39 is 7.12 Å². The maximum Gasteiger partial charge on any atom is 0.488 e. The van der Waals surface area contributed by atoms with E-state index in [9.17, 15) is 10.0 Å². The largest absolute Gasteiger partial charge is 0.488 e. The molecule has 0 radical (unpaired) electrons. The van der Waals surface area contributed by atoms with Crippen molar-refractivity contribution in [2.75, 3.05) is 0 Å². The van der Waals surface area contributed by atoms with Gasteiger partial charge < -0.3 is 10.0 Å². The van der Waals surface area contributed by atoms with Crippen molar-refractivity contribution in [2.45, 2.75) is 0 Å². The summed E-state index contributed by atoms with van der Waals surface area (Å²) >= 11 is 0. The van der Waals surface area contributed by atoms with E-state index in [1.165, 1.54) is 0 Å². The number of rotatable bonds is 4. The Bertz CT molecular complexity index is 1000. The van der Waals surface area contributed by atoms with Gasteiger partial charge in [0, 0.05) is 18.0 Å². The predicted molar refractivity (Wildman–Crippen MR) is 102 cm³/mol. The highest BCUT2D eigenvalue weighted by Gasteiger charge is 2.16. The van der Waals surface area contributed by atoms with E-state index in [1.54, 1.807) is 36.7 Å². The maximum absolute atomic E-state index is 9.44. The van der Waals surface area contributed by atoms with Crippen LogP contribution < -0.4 is 5.46 Å². The van der Waals surface area contributed by atoms with Gasteiger partial charge in [-0.2, -0.15) is 0 Å². The van der Waals surface area contributed by atoms with Crippen LogP contribution in [-0.4, -0.2) is 42.1 Å². The van der Waals surface area contributed by atoms with E-state index in [0.717, 1.165) is 0 Å². The SMILES string of the molecule is OB(O)c1cccc(-c2nc(-c3ccccn3)nc(-c3ccccn3)n2)c1. The normalized spacial score (nSPS) is 10.6. The van der Waals surface area contributed by atoms with Crippen LogP contribution in [0.1, 0.15) is 0 Å². The summed E-state index contributed by atoms with van der Waals surface area (Å²) < 4.78 is 0. The van der Waals surface area contributed by atoms with Crippen molar-refractivity contribution in [3.63, 3.8) is 0 Å². The summed E-state index contributed by atoms with van der Waals surface area (Å²) in [5.41, 5.74) is 2.21. The molecule has 0 saturated carbocycles. The molecule has 0 aliphatic heterocycles. The van der Waals surface area contributed by atoms with Crippen molar-refractivity contribution < 1.29 is 10.0 Å². The Morgan fingerprint density at radius 3 is 1.74 bits per heavy atom. The second-order valence-electron chi connectivity index (χ2n) is 5.74. The van der Waals surface area contributed by atoms with Crippen molar-refractivity contribution in [2.24, 2.45) is 0 Å². The summed E-state index contributed by atoms with van der Waals surface area (Å²) in [6, 6.07) is 17.7. The molecule has 0 spiro atoms. The molecule has 0 aliphatic carbocycles. The summed E-state index contributed by atoms with van der Waals surface area (Å²) in [5, 5.41) is 18.9. The van der Waals surface area contributed by atoms with Crippen molar-refractivity contribution in [3.8, 4) is 34.4 Å². The van der Waals surface area contributed by atoms with Crippen LogP contribution in [0.2, 0.25) is 0 Å². The van der Waals surface area contributed by atoms with Gasteiger partial charge in [0.05, 0.1) is 0 Å². The fourth-order valence-corrected chi connectivity index (χ4v) is 2.56. The van der Waals surface area contributed by atoms with E-state index >= 15 is 0 Å². The summed E-state index contributed by atoms with van der Waals surface area (Å²) in [6.07, 6.45) is 3.34. The first-order valence-corrected chi connectivity index (χ1v) is 8.26. The van der Waals surface area contributed by atoms with Crippen LogP contribution in [0.5, 0.6) is 0 Å². The second kappa shape index (κ2) is 7.41. The van der Waals surface area contributed by atoms with Crippen molar-refractivity contribution in [1.29, 1.82) is 0 Å². The summed E-state index contributed by atoms with van der Waals surface area (Å²) in [7, 11) is -1.57. The molecule has 4 aromatic rings. The number of pyridine rings is 2. The third kappa shape index (κ3) is 3.71. The van der Waals surface area contributed by atoms with Crippen molar-refractivity contribution >= 4 is 12.6 Å². The van der Waals surface area contributed by atoms with Gasteiger partial charge >= 0.3 is 7.12 Å². The minimum atomic E-state index is -1.57. The summed E-state index contributed by atoms with van der Waals surface area (Å²) in [4.78, 5) is 22.2. The molecule has 0 unspecified atom stereocenters. The highest BCUT2D eigenvalue weighted by Crippen LogP contribution is 2.22. The Hall–Kier alpha value is -3.49. The van der Waals surface area contributed by atoms with Gasteiger partial charge in [0.25, 0.3) is 0 Å². The Balaban J connectivity index is 1.90. The number of benzene rings is 1. The molecule has 3 heterocycles. The second-order valence-corrected chi connectivity index (χ2v) is 5.74. The van der Waals surface area contributed by atoms with Crippen LogP contribution in [0.3, 0.4) is 0 Å². The zero-order valence-electron chi connectivity index (χ0n) is 14.1. The molecule has 1 aromatic carbocycles. The molecular formula is C19H14BN5O2. The lowest BCUT2D eigenvalue weighted by atomic mass is 9.79. The lowest BCUT2D eigenvalue weighted by Gasteiger charge is -2.08. The van der Waals surface area contributed by atoms with Crippen LogP contribution in [0, 0.1) is 0 Å². The van der Waals surface area contributed by atoms with Crippen LogP contribution >= 0.6 is 0 Å². The number of nitrogens with zero attached hydrogens (tertiary/aromatic N) is 5. The first kappa shape index (κ1) is 17.0. The van der Waals surface area contributed by atoms with Gasteiger partial charge in [-0.25, -0.2) is 15.0 Å². The summed E-state index contributed by atoms with van der Waals surface area (Å²) in [5.74, 6) is 1.22. The first-order valence-electron chi connectivity index (χ1n) is 8.26. The molecule has 4 rings (SSSR count). The van der Waals surface area contributed by atoms with Gasteiger partial charge in [-0.15, -0.1) is 0 Å². The minimum Gasteiger partial charge on any atom is -0.423 e. The van der Waals surface area contributed by atoms with Gasteiger partial charge in [-0.1, -0.05) is 36.4 Å². The molecule has 0 fully saturated rings. The molecule has 2 N–H and O–H groups in total. The van der Waals surface area contributed by atoms with Crippen LogP contribution in [0.4, 0.5) is 0 Å². The van der Waals surface area contributed by atoms with Gasteiger partial charge in [0.1, 0.15) is 11.4 Å². The maximum atomic E-state index is 9.44. The molecule has 8 heteroatoms. The quantitative estimate of drug-likeness (QED) is 0.532. The highest BCUT2D eigenvalue weighted by atomic mass is 16.4. The average Bonchev–Trinajstić information content (AvgIpc) is 2.75. The molecule has 0 aliphatic rings. The van der Waals surface area contributed by atoms with Crippen LogP contribution in [0.25, 0.3) is 34.4 Å². The van der Waals surface area contributed by atoms with Gasteiger partial charge in [-0.05, 0) is 29.7 Å². The minimum absolute atomic E-state index is 0.353. The van der Waals surface area contributed by atoms with Crippen molar-refractivity contribution in [3.05, 3.63) is 73.1 Å². The molecule has 0 saturated heterocycles. The number of hydrogen-bond donors (Lipinski definition) is 2. The predicted octanol–water partition coefficient (Wildman–Crippen LogP) is 1.34. The van der Waals surface area contributed by atoms with Crippen LogP contribution in [0.15, 0.2) is 73.1 Å². The van der Waals surface area contributed by atoms with Gasteiger partial charge in [-0.3, -0.25) is 9.97 Å². The topological polar surface area (TPSA) is 105 Å². The van der Waals surface area contributed by atoms with E-state index in [2.05, 4.69) is 24.9 Å². The smallest absolute Gasteiger partial charge is 0.423 e. The molecule has 0 atom stereocenters. The van der Waals surface area contributed by atoms with E-state index in [1.807, 2.05) is 36.4 Å². The molecule has 7 nitrogen and oxygen atoms in total. The standard InChI is InChI=1S/C19H14BN5O2/c26-20(27)14-7-5-6-13(12-14)17-23-18(15-8-1-3-10-21-15)25-19(24-17)16-9-2-4-11-22-16/h1-12,26-27H. The highest BCUT2D eigenvalue weighted by molar-refractivity contribution is 6.58. The zero-order valence-corrected chi connectivity index (χ0v) is 14.1. The fourth-order valence-electron chi connectivity index (χ4n) is 2.56. The monoisotopic (exact) mass is 355 g/mol. The number of aromatic nitrogens is 5. The molecule has 0 bridgehead atoms. The van der Waals surface area contributed by atoms with Crippen molar-refractivity contribution in [1.82, 2.24) is 24.9 Å². The Kier molecular flexibility index (Phi) is 4.65. The zero-order chi connectivity index (χ0) is 18.6. The Morgan fingerprint density at radius 1 is 0.630 bits per heavy atom. The summed E-state index contributed by atoms with van der Waals surface area (Å²) in [6.45, 7) is 0. The molecule has 0 amide bonds. The van der Waals surface area contributed by atoms with E-state index in [-0.39, 0.29) is 0 Å². The molecule has 27 heavy (non-hydrogen) atoms. The van der Waals surface area contributed by atoms with E-state index in [0.29, 0.717) is 39.9 Å². The third-order valence-electron chi connectivity index (χ3n) is 3.87. The lowest BCUT2D eigenvalue weighted by Crippen LogP contribution is -2.29. The third-order valence-corrected chi connectivity index (χ3v) is 3.87. The average molecular weight is 355 g/mol. The Morgan fingerprint density at radius 2 is 1.22 bits per heavy atom.